The molecule has 2 rings (SSSR count). The Balaban J connectivity index is 2.24. The van der Waals surface area contributed by atoms with Gasteiger partial charge >= 0.3 is 12.7 Å². The molecule has 1 atom stereocenters. The molecule has 142 valence electrons. The van der Waals surface area contributed by atoms with E-state index in [4.69, 9.17) is 10.5 Å². The Morgan fingerprint density at radius 2 is 1.31 bits per heavy atom. The van der Waals surface area contributed by atoms with Crippen LogP contribution in [0, 0.1) is 0 Å². The summed E-state index contributed by atoms with van der Waals surface area (Å²) in [6, 6.07) is 7.29. The molecule has 2 aromatic rings. The number of methoxy groups -OCH3 is 1. The fraction of sp³-hybridized carbons (Fsp3) is 0.250. The molecule has 2 N–H and O–H groups in total. The second kappa shape index (κ2) is 7.32. The first-order valence-corrected chi connectivity index (χ1v) is 7.03. The van der Waals surface area contributed by atoms with Gasteiger partial charge in [0.05, 0.1) is 13.2 Å². The van der Waals surface area contributed by atoms with Gasteiger partial charge in [-0.15, -0.1) is 26.3 Å². The van der Waals surface area contributed by atoms with Crippen LogP contribution in [0.15, 0.2) is 42.5 Å². The maximum atomic E-state index is 12.3. The summed E-state index contributed by atoms with van der Waals surface area (Å²) in [5.74, 6) is -0.872. The average molecular weight is 381 g/mol. The van der Waals surface area contributed by atoms with Crippen molar-refractivity contribution in [1.29, 1.82) is 0 Å². The maximum Gasteiger partial charge on any atom is 0.573 e. The standard InChI is InChI=1S/C16H13F6NO3/c1-24-13-8-11(26-16(20,21)22)6-7-12(13)14(23)9-2-4-10(5-3-9)25-15(17,18)19/h2-8,14H,23H2,1H3/t14-/m1/s1. The van der Waals surface area contributed by atoms with Crippen LogP contribution in [0.3, 0.4) is 0 Å². The molecule has 0 radical (unpaired) electrons. The Morgan fingerprint density at radius 3 is 1.81 bits per heavy atom. The lowest BCUT2D eigenvalue weighted by molar-refractivity contribution is -0.275. The molecule has 0 amide bonds. The van der Waals surface area contributed by atoms with Gasteiger partial charge in [0.1, 0.15) is 17.2 Å². The molecule has 0 aliphatic rings. The molecule has 4 nitrogen and oxygen atoms in total. The molecule has 0 aromatic heterocycles. The highest BCUT2D eigenvalue weighted by atomic mass is 19.4. The van der Waals surface area contributed by atoms with E-state index in [0.717, 1.165) is 24.3 Å². The van der Waals surface area contributed by atoms with E-state index in [1.54, 1.807) is 0 Å². The molecule has 0 spiro atoms. The van der Waals surface area contributed by atoms with E-state index in [0.29, 0.717) is 11.1 Å². The largest absolute Gasteiger partial charge is 0.573 e. The molecule has 0 heterocycles. The van der Waals surface area contributed by atoms with Gasteiger partial charge in [0.2, 0.25) is 0 Å². The van der Waals surface area contributed by atoms with Crippen molar-refractivity contribution in [2.24, 2.45) is 5.73 Å². The van der Waals surface area contributed by atoms with Gasteiger partial charge in [-0.2, -0.15) is 0 Å². The molecule has 0 saturated heterocycles. The minimum absolute atomic E-state index is 0.0369. The van der Waals surface area contributed by atoms with Gasteiger partial charge in [0, 0.05) is 11.6 Å². The third-order valence-corrected chi connectivity index (χ3v) is 3.25. The summed E-state index contributed by atoms with van der Waals surface area (Å²) in [4.78, 5) is 0. The molecule has 0 saturated carbocycles. The first-order valence-electron chi connectivity index (χ1n) is 7.03. The molecule has 0 unspecified atom stereocenters. The van der Waals surface area contributed by atoms with Gasteiger partial charge in [-0.1, -0.05) is 12.1 Å². The van der Waals surface area contributed by atoms with Crippen molar-refractivity contribution in [3.63, 3.8) is 0 Å². The lowest BCUT2D eigenvalue weighted by Gasteiger charge is -2.18. The number of rotatable bonds is 5. The molecule has 0 aliphatic heterocycles. The van der Waals surface area contributed by atoms with Crippen LogP contribution in [0.4, 0.5) is 26.3 Å². The lowest BCUT2D eigenvalue weighted by atomic mass is 9.98. The highest BCUT2D eigenvalue weighted by molar-refractivity contribution is 5.46. The zero-order valence-corrected chi connectivity index (χ0v) is 13.2. The topological polar surface area (TPSA) is 53.7 Å². The van der Waals surface area contributed by atoms with Crippen LogP contribution in [0.25, 0.3) is 0 Å². The van der Waals surface area contributed by atoms with Gasteiger partial charge < -0.3 is 19.9 Å². The molecule has 2 aromatic carbocycles. The molecule has 0 aliphatic carbocycles. The quantitative estimate of drug-likeness (QED) is 0.773. The summed E-state index contributed by atoms with van der Waals surface area (Å²) in [6.07, 6.45) is -9.68. The van der Waals surface area contributed by atoms with Crippen molar-refractivity contribution in [1.82, 2.24) is 0 Å². The zero-order valence-electron chi connectivity index (χ0n) is 13.2. The fourth-order valence-corrected chi connectivity index (χ4v) is 2.20. The first-order chi connectivity index (χ1) is 12.0. The van der Waals surface area contributed by atoms with Crippen LogP contribution in [0.2, 0.25) is 0 Å². The normalized spacial score (nSPS) is 13.2. The van der Waals surface area contributed by atoms with E-state index < -0.39 is 30.3 Å². The number of hydrogen-bond acceptors (Lipinski definition) is 4. The molecular weight excluding hydrogens is 368 g/mol. The number of benzene rings is 2. The van der Waals surface area contributed by atoms with Gasteiger partial charge in [0.15, 0.2) is 0 Å². The molecule has 10 heteroatoms. The Hall–Kier alpha value is -2.62. The van der Waals surface area contributed by atoms with E-state index in [9.17, 15) is 26.3 Å². The fourth-order valence-electron chi connectivity index (χ4n) is 2.20. The lowest BCUT2D eigenvalue weighted by Crippen LogP contribution is -2.18. The van der Waals surface area contributed by atoms with Crippen LogP contribution in [0.1, 0.15) is 17.2 Å². The number of halogens is 6. The van der Waals surface area contributed by atoms with Crippen LogP contribution >= 0.6 is 0 Å². The average Bonchev–Trinajstić information content (AvgIpc) is 2.52. The number of hydrogen-bond donors (Lipinski definition) is 1. The third-order valence-electron chi connectivity index (χ3n) is 3.25. The van der Waals surface area contributed by atoms with Gasteiger partial charge in [-0.25, -0.2) is 0 Å². The summed E-state index contributed by atoms with van der Waals surface area (Å²) in [7, 11) is 1.24. The first kappa shape index (κ1) is 19.7. The summed E-state index contributed by atoms with van der Waals surface area (Å²) >= 11 is 0. The summed E-state index contributed by atoms with van der Waals surface area (Å²) < 4.78 is 85.9. The Kier molecular flexibility index (Phi) is 5.55. The second-order valence-electron chi connectivity index (χ2n) is 5.05. The second-order valence-corrected chi connectivity index (χ2v) is 5.05. The summed E-state index contributed by atoms with van der Waals surface area (Å²) in [5, 5.41) is 0. The molecule has 26 heavy (non-hydrogen) atoms. The van der Waals surface area contributed by atoms with Crippen molar-refractivity contribution in [3.8, 4) is 17.2 Å². The Bertz CT molecular complexity index is 743. The van der Waals surface area contributed by atoms with Crippen molar-refractivity contribution in [3.05, 3.63) is 53.6 Å². The van der Waals surface area contributed by atoms with Crippen LogP contribution in [-0.2, 0) is 0 Å². The summed E-state index contributed by atoms with van der Waals surface area (Å²) in [5.41, 5.74) is 6.77. The van der Waals surface area contributed by atoms with E-state index in [-0.39, 0.29) is 5.75 Å². The summed E-state index contributed by atoms with van der Waals surface area (Å²) in [6.45, 7) is 0. The van der Waals surface area contributed by atoms with Gasteiger partial charge in [-0.3, -0.25) is 0 Å². The van der Waals surface area contributed by atoms with Crippen LogP contribution < -0.4 is 19.9 Å². The van der Waals surface area contributed by atoms with Gasteiger partial charge in [0.25, 0.3) is 0 Å². The number of nitrogens with two attached hydrogens (primary N) is 1. The highest BCUT2D eigenvalue weighted by Crippen LogP contribution is 2.34. The Labute approximate surface area is 144 Å². The van der Waals surface area contributed by atoms with Crippen LogP contribution in [0.5, 0.6) is 17.2 Å². The zero-order chi connectivity index (χ0) is 19.5. The Morgan fingerprint density at radius 1 is 0.808 bits per heavy atom. The van der Waals surface area contributed by atoms with E-state index in [1.165, 1.54) is 25.3 Å². The number of ether oxygens (including phenoxy) is 3. The number of alkyl halides is 6. The molecular formula is C16H13F6NO3. The third kappa shape index (κ3) is 5.45. The minimum Gasteiger partial charge on any atom is -0.496 e. The van der Waals surface area contributed by atoms with Crippen LogP contribution in [-0.4, -0.2) is 19.8 Å². The molecule has 0 fully saturated rings. The SMILES string of the molecule is COc1cc(OC(F)(F)F)ccc1[C@H](N)c1ccc(OC(F)(F)F)cc1. The van der Waals surface area contributed by atoms with Crippen molar-refractivity contribution in [2.75, 3.05) is 7.11 Å². The van der Waals surface area contributed by atoms with Gasteiger partial charge in [-0.05, 0) is 29.8 Å². The monoisotopic (exact) mass is 381 g/mol. The van der Waals surface area contributed by atoms with E-state index in [2.05, 4.69) is 9.47 Å². The predicted molar refractivity (Wildman–Crippen MR) is 78.8 cm³/mol. The van der Waals surface area contributed by atoms with Crippen molar-refractivity contribution < 1.29 is 40.6 Å². The highest BCUT2D eigenvalue weighted by Gasteiger charge is 2.32. The minimum atomic E-state index is -4.86. The van der Waals surface area contributed by atoms with Crippen molar-refractivity contribution in [2.45, 2.75) is 18.8 Å². The molecule has 0 bridgehead atoms. The maximum absolute atomic E-state index is 12.3. The van der Waals surface area contributed by atoms with Crippen molar-refractivity contribution >= 4 is 0 Å². The smallest absolute Gasteiger partial charge is 0.496 e. The van der Waals surface area contributed by atoms with E-state index >= 15 is 0 Å². The van der Waals surface area contributed by atoms with E-state index in [1.807, 2.05) is 0 Å². The predicted octanol–water partition coefficient (Wildman–Crippen LogP) is 4.54.